The third kappa shape index (κ3) is 5.76. The predicted molar refractivity (Wildman–Crippen MR) is 142 cm³/mol. The summed E-state index contributed by atoms with van der Waals surface area (Å²) in [5.74, 6) is -2.08. The molecule has 1 amide bonds. The van der Waals surface area contributed by atoms with Crippen LogP contribution in [0.1, 0.15) is 68.4 Å². The third-order valence-electron chi connectivity index (χ3n) is 7.57. The number of hydrogen-bond donors (Lipinski definition) is 1. The number of aromatic nitrogens is 2. The van der Waals surface area contributed by atoms with Crippen molar-refractivity contribution >= 4 is 35.1 Å². The molecule has 1 aliphatic carbocycles. The second-order valence-electron chi connectivity index (χ2n) is 10.8. The first-order chi connectivity index (χ1) is 17.1. The van der Waals surface area contributed by atoms with Gasteiger partial charge < -0.3 is 15.1 Å². The minimum Gasteiger partial charge on any atom is -0.371 e. The molecule has 0 atom stereocenters. The zero-order valence-corrected chi connectivity index (χ0v) is 22.1. The second-order valence-corrected chi connectivity index (χ2v) is 12.5. The van der Waals surface area contributed by atoms with Gasteiger partial charge in [-0.1, -0.05) is 13.8 Å². The molecule has 3 heterocycles. The molecule has 6 nitrogen and oxygen atoms in total. The third-order valence-corrected chi connectivity index (χ3v) is 8.57. The van der Waals surface area contributed by atoms with Gasteiger partial charge in [0.05, 0.1) is 11.3 Å². The number of carbonyl (C=O) groups excluding carboxylic acids is 1. The van der Waals surface area contributed by atoms with Gasteiger partial charge >= 0.3 is 0 Å². The van der Waals surface area contributed by atoms with E-state index in [1.165, 1.54) is 25.7 Å². The quantitative estimate of drug-likeness (QED) is 0.466. The van der Waals surface area contributed by atoms with Gasteiger partial charge in [0.25, 0.3) is 11.8 Å². The fourth-order valence-corrected chi connectivity index (χ4v) is 6.06. The van der Waals surface area contributed by atoms with Gasteiger partial charge in [0.15, 0.2) is 0 Å². The van der Waals surface area contributed by atoms with Crippen molar-refractivity contribution in [2.45, 2.75) is 75.4 Å². The topological polar surface area (TPSA) is 61.4 Å². The van der Waals surface area contributed by atoms with E-state index in [-0.39, 0.29) is 31.8 Å². The summed E-state index contributed by atoms with van der Waals surface area (Å²) < 4.78 is 27.2. The van der Waals surface area contributed by atoms with Crippen LogP contribution >= 0.6 is 11.8 Å². The first-order valence-electron chi connectivity index (χ1n) is 13.0. The van der Waals surface area contributed by atoms with E-state index >= 15 is 0 Å². The molecule has 2 aromatic rings. The molecule has 5 rings (SSSR count). The number of benzene rings is 1. The molecule has 1 saturated carbocycles. The van der Waals surface area contributed by atoms with Crippen molar-refractivity contribution < 1.29 is 13.6 Å². The minimum atomic E-state index is -2.64. The number of nitrogens with zero attached hydrogens (tertiary/aromatic N) is 4. The lowest BCUT2D eigenvalue weighted by Crippen LogP contribution is -2.40. The summed E-state index contributed by atoms with van der Waals surface area (Å²) in [6, 6.07) is 7.80. The molecular formula is C27H35F2N5OS. The molecule has 3 aliphatic rings. The highest BCUT2D eigenvalue weighted by atomic mass is 32.2. The van der Waals surface area contributed by atoms with E-state index < -0.39 is 5.92 Å². The summed E-state index contributed by atoms with van der Waals surface area (Å²) >= 11 is 1.79. The van der Waals surface area contributed by atoms with Crippen molar-refractivity contribution in [3.63, 3.8) is 0 Å². The first-order valence-corrected chi connectivity index (χ1v) is 13.8. The fraction of sp³-hybridized carbons (Fsp3) is 0.593. The molecule has 1 N–H and O–H groups in total. The highest BCUT2D eigenvalue weighted by Gasteiger charge is 2.44. The zero-order chi connectivity index (χ0) is 25.5. The van der Waals surface area contributed by atoms with Crippen molar-refractivity contribution in [2.75, 3.05) is 41.3 Å². The number of hydrogen-bond acceptors (Lipinski definition) is 6. The van der Waals surface area contributed by atoms with Crippen molar-refractivity contribution in [3.05, 3.63) is 35.5 Å². The van der Waals surface area contributed by atoms with E-state index in [0.717, 1.165) is 23.7 Å². The van der Waals surface area contributed by atoms with Crippen LogP contribution in [0.4, 0.5) is 26.2 Å². The van der Waals surface area contributed by atoms with E-state index in [1.807, 2.05) is 19.1 Å². The molecule has 1 spiro atoms. The molecule has 1 aromatic heterocycles. The van der Waals surface area contributed by atoms with Gasteiger partial charge in [0.1, 0.15) is 5.82 Å². The Morgan fingerprint density at radius 1 is 0.972 bits per heavy atom. The zero-order valence-electron chi connectivity index (χ0n) is 21.3. The molecule has 0 bridgehead atoms. The summed E-state index contributed by atoms with van der Waals surface area (Å²) in [7, 11) is 0. The molecule has 2 saturated heterocycles. The largest absolute Gasteiger partial charge is 0.371 e. The summed E-state index contributed by atoms with van der Waals surface area (Å²) in [4.78, 5) is 27.8. The van der Waals surface area contributed by atoms with Crippen molar-refractivity contribution in [2.24, 2.45) is 5.41 Å². The SMILES string of the molecule is Cc1cc(NC(=O)c2ccc(SC(C)C)cc2N2CCC3(CC2)CC3)nc(N2CCC(F)(F)CC2)n1. The number of amides is 1. The van der Waals surface area contributed by atoms with Gasteiger partial charge in [-0.15, -0.1) is 11.8 Å². The van der Waals surface area contributed by atoms with Gasteiger partial charge in [-0.25, -0.2) is 13.8 Å². The van der Waals surface area contributed by atoms with E-state index in [2.05, 4.69) is 40.1 Å². The Morgan fingerprint density at radius 2 is 1.64 bits per heavy atom. The van der Waals surface area contributed by atoms with Crippen LogP contribution in [0.25, 0.3) is 0 Å². The maximum Gasteiger partial charge on any atom is 0.258 e. The first kappa shape index (κ1) is 25.2. The molecule has 3 fully saturated rings. The number of nitrogens with one attached hydrogen (secondary N) is 1. The summed E-state index contributed by atoms with van der Waals surface area (Å²) in [5.41, 5.74) is 2.83. The second kappa shape index (κ2) is 9.80. The Hall–Kier alpha value is -2.42. The van der Waals surface area contributed by atoms with Crippen LogP contribution in [-0.4, -0.2) is 53.2 Å². The van der Waals surface area contributed by atoms with Crippen LogP contribution in [0.2, 0.25) is 0 Å². The maximum atomic E-state index is 13.6. The van der Waals surface area contributed by atoms with Crippen molar-refractivity contribution in [3.8, 4) is 0 Å². The highest BCUT2D eigenvalue weighted by molar-refractivity contribution is 7.99. The van der Waals surface area contributed by atoms with Crippen LogP contribution in [-0.2, 0) is 0 Å². The number of piperidine rings is 2. The average Bonchev–Trinajstić information content (AvgIpc) is 3.57. The number of halogens is 2. The minimum absolute atomic E-state index is 0.194. The number of rotatable bonds is 6. The normalized spacial score (nSPS) is 20.6. The molecule has 2 aliphatic heterocycles. The van der Waals surface area contributed by atoms with Gasteiger partial charge in [-0.3, -0.25) is 4.79 Å². The van der Waals surface area contributed by atoms with Crippen molar-refractivity contribution in [1.82, 2.24) is 9.97 Å². The number of carbonyl (C=O) groups is 1. The lowest BCUT2D eigenvalue weighted by Gasteiger charge is -2.35. The van der Waals surface area contributed by atoms with E-state index in [4.69, 9.17) is 0 Å². The van der Waals surface area contributed by atoms with Crippen LogP contribution in [0.15, 0.2) is 29.2 Å². The standard InChI is InChI=1S/C27H35F2N5OS/c1-18(2)36-20-4-5-21(22(17-20)33-12-8-26(6-7-26)9-13-33)24(35)31-23-16-19(3)30-25(32-23)34-14-10-27(28,29)11-15-34/h4-5,16-18H,6-15H2,1-3H3,(H,30,31,32,35). The number of aryl methyl sites for hydroxylation is 1. The summed E-state index contributed by atoms with van der Waals surface area (Å²) in [5, 5.41) is 3.41. The monoisotopic (exact) mass is 515 g/mol. The molecule has 9 heteroatoms. The van der Waals surface area contributed by atoms with Crippen LogP contribution in [0.5, 0.6) is 0 Å². The predicted octanol–water partition coefficient (Wildman–Crippen LogP) is 6.15. The molecule has 0 radical (unpaired) electrons. The van der Waals surface area contributed by atoms with Crippen molar-refractivity contribution in [1.29, 1.82) is 0 Å². The molecular weight excluding hydrogens is 480 g/mol. The van der Waals surface area contributed by atoms with Gasteiger partial charge in [-0.2, -0.15) is 4.98 Å². The smallest absolute Gasteiger partial charge is 0.258 e. The Bertz CT molecular complexity index is 1120. The molecule has 36 heavy (non-hydrogen) atoms. The average molecular weight is 516 g/mol. The Labute approximate surface area is 216 Å². The van der Waals surface area contributed by atoms with Crippen LogP contribution < -0.4 is 15.1 Å². The van der Waals surface area contributed by atoms with Gasteiger partial charge in [0, 0.05) is 60.9 Å². The lowest BCUT2D eigenvalue weighted by molar-refractivity contribution is -0.0222. The Kier molecular flexibility index (Phi) is 6.87. The van der Waals surface area contributed by atoms with Crippen LogP contribution in [0, 0.1) is 12.3 Å². The van der Waals surface area contributed by atoms with Gasteiger partial charge in [-0.05, 0) is 56.2 Å². The van der Waals surface area contributed by atoms with Gasteiger partial charge in [0.2, 0.25) is 5.95 Å². The maximum absolute atomic E-state index is 13.6. The summed E-state index contributed by atoms with van der Waals surface area (Å²) in [6.07, 6.45) is 4.60. The van der Waals surface area contributed by atoms with E-state index in [0.29, 0.717) is 33.7 Å². The number of alkyl halides is 2. The van der Waals surface area contributed by atoms with E-state index in [1.54, 1.807) is 22.7 Å². The van der Waals surface area contributed by atoms with E-state index in [9.17, 15) is 13.6 Å². The fourth-order valence-electron chi connectivity index (χ4n) is 5.19. The Balaban J connectivity index is 1.37. The number of anilines is 3. The number of thioether (sulfide) groups is 1. The summed E-state index contributed by atoms with van der Waals surface area (Å²) in [6.45, 7) is 8.48. The van der Waals surface area contributed by atoms with Crippen LogP contribution in [0.3, 0.4) is 0 Å². The molecule has 194 valence electrons. The highest BCUT2D eigenvalue weighted by Crippen LogP contribution is 2.54. The molecule has 0 unspecified atom stereocenters. The Morgan fingerprint density at radius 3 is 2.28 bits per heavy atom. The molecule has 1 aromatic carbocycles. The lowest BCUT2D eigenvalue weighted by atomic mass is 9.93.